The van der Waals surface area contributed by atoms with E-state index in [0.29, 0.717) is 23.7 Å². The van der Waals surface area contributed by atoms with E-state index in [1.165, 1.54) is 12.1 Å². The van der Waals surface area contributed by atoms with Crippen LogP contribution in [0.15, 0.2) is 18.2 Å². The Balaban J connectivity index is 2.15. The lowest BCUT2D eigenvalue weighted by Gasteiger charge is -2.13. The van der Waals surface area contributed by atoms with E-state index in [1.54, 1.807) is 6.07 Å². The number of nitro groups is 1. The molecule has 1 aromatic carbocycles. The summed E-state index contributed by atoms with van der Waals surface area (Å²) in [6.07, 6.45) is 3.17. The lowest BCUT2D eigenvalue weighted by atomic mass is 10.1. The maximum absolute atomic E-state index is 12.2. The molecule has 0 bridgehead atoms. The molecule has 0 spiro atoms. The number of carbonyl (C=O) groups is 1. The standard InChI is InChI=1S/C15H21N3O3/c1-3-8-16-13-9-12(6-7-14(13)18(20)21)15(19)17-10(2)11-4-5-11/h6-7,9-11,16H,3-5,8H2,1-2H3,(H,17,19). The first-order valence-electron chi connectivity index (χ1n) is 7.36. The third-order valence-electron chi connectivity index (χ3n) is 3.71. The molecule has 1 aliphatic carbocycles. The van der Waals surface area contributed by atoms with Crippen molar-refractivity contribution in [3.8, 4) is 0 Å². The fraction of sp³-hybridized carbons (Fsp3) is 0.533. The van der Waals surface area contributed by atoms with Gasteiger partial charge in [-0.15, -0.1) is 0 Å². The van der Waals surface area contributed by atoms with Crippen LogP contribution in [0.5, 0.6) is 0 Å². The van der Waals surface area contributed by atoms with Gasteiger partial charge in [0, 0.05) is 24.2 Å². The molecular formula is C15H21N3O3. The number of nitrogens with one attached hydrogen (secondary N) is 2. The number of hydrogen-bond donors (Lipinski definition) is 2. The van der Waals surface area contributed by atoms with Crippen LogP contribution in [-0.2, 0) is 0 Å². The zero-order chi connectivity index (χ0) is 15.4. The first kappa shape index (κ1) is 15.3. The van der Waals surface area contributed by atoms with Crippen molar-refractivity contribution in [2.75, 3.05) is 11.9 Å². The Bertz CT molecular complexity index is 541. The average Bonchev–Trinajstić information content (AvgIpc) is 3.29. The molecule has 2 rings (SSSR count). The van der Waals surface area contributed by atoms with Gasteiger partial charge >= 0.3 is 0 Å². The van der Waals surface area contributed by atoms with Crippen LogP contribution in [0.1, 0.15) is 43.5 Å². The number of benzene rings is 1. The van der Waals surface area contributed by atoms with Gasteiger partial charge in [-0.3, -0.25) is 14.9 Å². The van der Waals surface area contributed by atoms with Gasteiger partial charge in [0.2, 0.25) is 0 Å². The van der Waals surface area contributed by atoms with Gasteiger partial charge in [-0.05, 0) is 44.2 Å². The van der Waals surface area contributed by atoms with Crippen molar-refractivity contribution in [1.29, 1.82) is 0 Å². The van der Waals surface area contributed by atoms with Crippen LogP contribution in [0.4, 0.5) is 11.4 Å². The van der Waals surface area contributed by atoms with Crippen molar-refractivity contribution in [1.82, 2.24) is 5.32 Å². The molecule has 0 saturated heterocycles. The molecule has 1 aliphatic rings. The summed E-state index contributed by atoms with van der Waals surface area (Å²) < 4.78 is 0. The molecule has 0 radical (unpaired) electrons. The predicted octanol–water partition coefficient (Wildman–Crippen LogP) is 2.95. The van der Waals surface area contributed by atoms with E-state index in [4.69, 9.17) is 0 Å². The van der Waals surface area contributed by atoms with Crippen LogP contribution in [0.2, 0.25) is 0 Å². The molecule has 0 aromatic heterocycles. The molecule has 1 aromatic rings. The van der Waals surface area contributed by atoms with E-state index in [-0.39, 0.29) is 17.6 Å². The molecule has 0 aliphatic heterocycles. The second kappa shape index (κ2) is 6.56. The second-order valence-electron chi connectivity index (χ2n) is 5.52. The highest BCUT2D eigenvalue weighted by atomic mass is 16.6. The molecular weight excluding hydrogens is 270 g/mol. The second-order valence-corrected chi connectivity index (χ2v) is 5.52. The van der Waals surface area contributed by atoms with Crippen molar-refractivity contribution >= 4 is 17.3 Å². The molecule has 114 valence electrons. The highest BCUT2D eigenvalue weighted by molar-refractivity contribution is 5.96. The number of hydrogen-bond acceptors (Lipinski definition) is 4. The summed E-state index contributed by atoms with van der Waals surface area (Å²) in [5.41, 5.74) is 0.843. The summed E-state index contributed by atoms with van der Waals surface area (Å²) in [6.45, 7) is 4.61. The van der Waals surface area contributed by atoms with Gasteiger partial charge in [0.25, 0.3) is 11.6 Å². The van der Waals surface area contributed by atoms with E-state index in [9.17, 15) is 14.9 Å². The summed E-state index contributed by atoms with van der Waals surface area (Å²) in [7, 11) is 0. The highest BCUT2D eigenvalue weighted by Crippen LogP contribution is 2.32. The van der Waals surface area contributed by atoms with Gasteiger partial charge in [-0.2, -0.15) is 0 Å². The minimum absolute atomic E-state index is 0.00441. The van der Waals surface area contributed by atoms with Crippen molar-refractivity contribution in [3.05, 3.63) is 33.9 Å². The van der Waals surface area contributed by atoms with Crippen molar-refractivity contribution in [2.24, 2.45) is 5.92 Å². The Morgan fingerprint density at radius 3 is 2.76 bits per heavy atom. The van der Waals surface area contributed by atoms with E-state index in [0.717, 1.165) is 19.3 Å². The number of anilines is 1. The number of nitrogens with zero attached hydrogens (tertiary/aromatic N) is 1. The van der Waals surface area contributed by atoms with E-state index >= 15 is 0 Å². The Morgan fingerprint density at radius 2 is 2.19 bits per heavy atom. The van der Waals surface area contributed by atoms with Crippen molar-refractivity contribution < 1.29 is 9.72 Å². The fourth-order valence-corrected chi connectivity index (χ4v) is 2.24. The van der Waals surface area contributed by atoms with Crippen LogP contribution in [0.25, 0.3) is 0 Å². The summed E-state index contributed by atoms with van der Waals surface area (Å²) >= 11 is 0. The lowest BCUT2D eigenvalue weighted by molar-refractivity contribution is -0.384. The smallest absolute Gasteiger partial charge is 0.292 e. The molecule has 2 N–H and O–H groups in total. The van der Waals surface area contributed by atoms with E-state index in [1.807, 2.05) is 13.8 Å². The first-order chi connectivity index (χ1) is 10.0. The Kier molecular flexibility index (Phi) is 4.77. The van der Waals surface area contributed by atoms with Crippen LogP contribution in [-0.4, -0.2) is 23.4 Å². The quantitative estimate of drug-likeness (QED) is 0.597. The molecule has 1 unspecified atom stereocenters. The third-order valence-corrected chi connectivity index (χ3v) is 3.71. The number of rotatable bonds is 7. The Morgan fingerprint density at radius 1 is 1.48 bits per heavy atom. The fourth-order valence-electron chi connectivity index (χ4n) is 2.24. The Labute approximate surface area is 124 Å². The van der Waals surface area contributed by atoms with Gasteiger partial charge in [0.15, 0.2) is 0 Å². The van der Waals surface area contributed by atoms with Crippen molar-refractivity contribution in [2.45, 2.75) is 39.2 Å². The maximum Gasteiger partial charge on any atom is 0.292 e. The summed E-state index contributed by atoms with van der Waals surface area (Å²) in [4.78, 5) is 22.8. The lowest BCUT2D eigenvalue weighted by Crippen LogP contribution is -2.34. The number of nitro benzene ring substituents is 1. The maximum atomic E-state index is 12.2. The molecule has 1 amide bonds. The highest BCUT2D eigenvalue weighted by Gasteiger charge is 2.29. The van der Waals surface area contributed by atoms with E-state index in [2.05, 4.69) is 10.6 Å². The Hall–Kier alpha value is -2.11. The van der Waals surface area contributed by atoms with Gasteiger partial charge in [-0.1, -0.05) is 6.92 Å². The SMILES string of the molecule is CCCNc1cc(C(=O)NC(C)C2CC2)ccc1[N+](=O)[O-]. The first-order valence-corrected chi connectivity index (χ1v) is 7.36. The minimum atomic E-state index is -0.438. The van der Waals surface area contributed by atoms with Crippen LogP contribution in [0.3, 0.4) is 0 Å². The number of amides is 1. The predicted molar refractivity (Wildman–Crippen MR) is 81.5 cm³/mol. The normalized spacial score (nSPS) is 15.3. The summed E-state index contributed by atoms with van der Waals surface area (Å²) in [5.74, 6) is 0.397. The number of carbonyl (C=O) groups excluding carboxylic acids is 1. The molecule has 1 fully saturated rings. The molecule has 0 heterocycles. The van der Waals surface area contributed by atoms with Crippen molar-refractivity contribution in [3.63, 3.8) is 0 Å². The molecule has 1 saturated carbocycles. The molecule has 6 nitrogen and oxygen atoms in total. The van der Waals surface area contributed by atoms with Crippen LogP contribution < -0.4 is 10.6 Å². The molecule has 1 atom stereocenters. The van der Waals surface area contributed by atoms with Crippen LogP contribution in [0, 0.1) is 16.0 Å². The largest absolute Gasteiger partial charge is 0.379 e. The molecule has 21 heavy (non-hydrogen) atoms. The third kappa shape index (κ3) is 3.93. The average molecular weight is 291 g/mol. The monoisotopic (exact) mass is 291 g/mol. The van der Waals surface area contributed by atoms with Gasteiger partial charge in [-0.25, -0.2) is 0 Å². The molecule has 6 heteroatoms. The topological polar surface area (TPSA) is 84.3 Å². The van der Waals surface area contributed by atoms with Gasteiger partial charge < -0.3 is 10.6 Å². The minimum Gasteiger partial charge on any atom is -0.379 e. The zero-order valence-electron chi connectivity index (χ0n) is 12.4. The van der Waals surface area contributed by atoms with Crippen LogP contribution >= 0.6 is 0 Å². The van der Waals surface area contributed by atoms with Gasteiger partial charge in [0.1, 0.15) is 5.69 Å². The van der Waals surface area contributed by atoms with E-state index < -0.39 is 4.92 Å². The summed E-state index contributed by atoms with van der Waals surface area (Å²) in [6, 6.07) is 4.60. The summed E-state index contributed by atoms with van der Waals surface area (Å²) in [5, 5.41) is 17.0. The van der Waals surface area contributed by atoms with Gasteiger partial charge in [0.05, 0.1) is 4.92 Å². The zero-order valence-corrected chi connectivity index (χ0v) is 12.4.